The van der Waals surface area contributed by atoms with Crippen LogP contribution in [0.25, 0.3) is 0 Å². The zero-order chi connectivity index (χ0) is 19.4. The predicted octanol–water partition coefficient (Wildman–Crippen LogP) is 5.07. The van der Waals surface area contributed by atoms with E-state index < -0.39 is 30.2 Å². The molecular weight excluding hydrogens is 357 g/mol. The molecule has 0 fully saturated rings. The Morgan fingerprint density at radius 2 is 1.63 bits per heavy atom. The van der Waals surface area contributed by atoms with E-state index in [0.29, 0.717) is 11.1 Å². The van der Waals surface area contributed by atoms with Crippen molar-refractivity contribution in [2.24, 2.45) is 4.99 Å². The quantitative estimate of drug-likeness (QED) is 0.702. The van der Waals surface area contributed by atoms with Crippen LogP contribution in [0.2, 0.25) is 0 Å². The zero-order valence-corrected chi connectivity index (χ0v) is 14.3. The smallest absolute Gasteiger partial charge is 0.431 e. The molecule has 0 aliphatic carbocycles. The Hall–Kier alpha value is -3.09. The minimum Gasteiger partial charge on any atom is -0.445 e. The monoisotopic (exact) mass is 374 g/mol. The summed E-state index contributed by atoms with van der Waals surface area (Å²) in [5.74, 6) is 0. The van der Waals surface area contributed by atoms with Crippen molar-refractivity contribution >= 4 is 11.8 Å². The highest BCUT2D eigenvalue weighted by atomic mass is 19.4. The standard InChI is InChI=1S/C20H17F3N2O2/c1-2-13-27-19(26)25-16(14-9-5-3-6-10-14)17(20(21,22)23)24-18(25)15-11-7-4-8-12-15/h2-12,16,18H,1,13H2. The molecule has 2 aromatic rings. The highest BCUT2D eigenvalue weighted by molar-refractivity contribution is 5.99. The summed E-state index contributed by atoms with van der Waals surface area (Å²) in [6.45, 7) is 3.35. The van der Waals surface area contributed by atoms with Crippen molar-refractivity contribution in [1.29, 1.82) is 0 Å². The zero-order valence-electron chi connectivity index (χ0n) is 14.3. The molecule has 1 aliphatic heterocycles. The molecule has 140 valence electrons. The fraction of sp³-hybridized carbons (Fsp3) is 0.200. The minimum absolute atomic E-state index is 0.111. The fourth-order valence-corrected chi connectivity index (χ4v) is 2.99. The number of nitrogens with zero attached hydrogens (tertiary/aromatic N) is 2. The molecular formula is C20H17F3N2O2. The minimum atomic E-state index is -4.69. The molecule has 1 amide bonds. The summed E-state index contributed by atoms with van der Waals surface area (Å²) in [5.41, 5.74) is -0.256. The Balaban J connectivity index is 2.12. The van der Waals surface area contributed by atoms with E-state index in [-0.39, 0.29) is 6.61 Å². The molecule has 0 aromatic heterocycles. The van der Waals surface area contributed by atoms with E-state index in [9.17, 15) is 18.0 Å². The van der Waals surface area contributed by atoms with Crippen LogP contribution in [0.4, 0.5) is 18.0 Å². The molecule has 7 heteroatoms. The predicted molar refractivity (Wildman–Crippen MR) is 95.2 cm³/mol. The maximum absolute atomic E-state index is 13.7. The number of carbonyl (C=O) groups excluding carboxylic acids is 1. The average molecular weight is 374 g/mol. The molecule has 4 nitrogen and oxygen atoms in total. The van der Waals surface area contributed by atoms with Crippen LogP contribution in [0.3, 0.4) is 0 Å². The van der Waals surface area contributed by atoms with Crippen LogP contribution in [0.5, 0.6) is 0 Å². The van der Waals surface area contributed by atoms with Crippen LogP contribution in [0, 0.1) is 0 Å². The van der Waals surface area contributed by atoms with Gasteiger partial charge in [-0.15, -0.1) is 0 Å². The second-order valence-corrected chi connectivity index (χ2v) is 5.88. The third kappa shape index (κ3) is 3.86. The van der Waals surface area contributed by atoms with Gasteiger partial charge in [-0.1, -0.05) is 73.3 Å². The lowest BCUT2D eigenvalue weighted by molar-refractivity contribution is -0.0621. The average Bonchev–Trinajstić information content (AvgIpc) is 3.08. The van der Waals surface area contributed by atoms with Gasteiger partial charge in [-0.2, -0.15) is 13.2 Å². The van der Waals surface area contributed by atoms with Crippen LogP contribution in [0.1, 0.15) is 23.3 Å². The Morgan fingerprint density at radius 3 is 2.15 bits per heavy atom. The highest BCUT2D eigenvalue weighted by Crippen LogP contribution is 2.44. The molecule has 1 aliphatic rings. The van der Waals surface area contributed by atoms with Crippen molar-refractivity contribution < 1.29 is 22.7 Å². The van der Waals surface area contributed by atoms with E-state index >= 15 is 0 Å². The van der Waals surface area contributed by atoms with Gasteiger partial charge < -0.3 is 4.74 Å². The summed E-state index contributed by atoms with van der Waals surface area (Å²) < 4.78 is 46.3. The van der Waals surface area contributed by atoms with Gasteiger partial charge in [0.15, 0.2) is 6.17 Å². The van der Waals surface area contributed by atoms with E-state index in [2.05, 4.69) is 11.6 Å². The molecule has 0 radical (unpaired) electrons. The molecule has 0 saturated carbocycles. The van der Waals surface area contributed by atoms with E-state index in [0.717, 1.165) is 4.90 Å². The van der Waals surface area contributed by atoms with Gasteiger partial charge in [0, 0.05) is 0 Å². The SMILES string of the molecule is C=CCOC(=O)N1C(c2ccccc2)N=C(C(F)(F)F)C1c1ccccc1. The van der Waals surface area contributed by atoms with Gasteiger partial charge in [0.2, 0.25) is 0 Å². The number of carbonyl (C=O) groups is 1. The second-order valence-electron chi connectivity index (χ2n) is 5.88. The van der Waals surface area contributed by atoms with E-state index in [1.807, 2.05) is 0 Å². The van der Waals surface area contributed by atoms with Crippen molar-refractivity contribution in [3.63, 3.8) is 0 Å². The molecule has 0 N–H and O–H groups in total. The Kier molecular flexibility index (Phi) is 5.30. The number of aliphatic imine (C=N–C) groups is 1. The topological polar surface area (TPSA) is 41.9 Å². The third-order valence-electron chi connectivity index (χ3n) is 4.10. The molecule has 2 unspecified atom stereocenters. The number of alkyl halides is 3. The maximum Gasteiger partial charge on any atom is 0.431 e. The van der Waals surface area contributed by atoms with Crippen LogP contribution < -0.4 is 0 Å². The summed E-state index contributed by atoms with van der Waals surface area (Å²) >= 11 is 0. The van der Waals surface area contributed by atoms with Gasteiger partial charge in [-0.3, -0.25) is 9.89 Å². The molecule has 2 atom stereocenters. The molecule has 0 bridgehead atoms. The van der Waals surface area contributed by atoms with Crippen LogP contribution in [-0.4, -0.2) is 29.5 Å². The van der Waals surface area contributed by atoms with E-state index in [1.165, 1.54) is 18.2 Å². The fourth-order valence-electron chi connectivity index (χ4n) is 2.99. The number of hydrogen-bond acceptors (Lipinski definition) is 3. The summed E-state index contributed by atoms with van der Waals surface area (Å²) in [6.07, 6.45) is -5.36. The summed E-state index contributed by atoms with van der Waals surface area (Å²) in [6, 6.07) is 15.0. The van der Waals surface area contributed by atoms with Crippen molar-refractivity contribution in [2.75, 3.05) is 6.61 Å². The van der Waals surface area contributed by atoms with Crippen LogP contribution in [-0.2, 0) is 4.74 Å². The van der Waals surface area contributed by atoms with E-state index in [4.69, 9.17) is 4.74 Å². The maximum atomic E-state index is 13.7. The normalized spacial score (nSPS) is 19.5. The number of hydrogen-bond donors (Lipinski definition) is 0. The van der Waals surface area contributed by atoms with Crippen molar-refractivity contribution in [3.05, 3.63) is 84.4 Å². The molecule has 27 heavy (non-hydrogen) atoms. The number of rotatable bonds is 4. The third-order valence-corrected chi connectivity index (χ3v) is 4.10. The molecule has 2 aromatic carbocycles. The largest absolute Gasteiger partial charge is 0.445 e. The molecule has 0 spiro atoms. The Labute approximate surface area is 154 Å². The first-order valence-electron chi connectivity index (χ1n) is 8.24. The Bertz CT molecular complexity index is 835. The second kappa shape index (κ2) is 7.65. The molecule has 1 heterocycles. The molecule has 3 rings (SSSR count). The van der Waals surface area contributed by atoms with Crippen molar-refractivity contribution in [2.45, 2.75) is 18.4 Å². The number of ether oxygens (including phenoxy) is 1. The van der Waals surface area contributed by atoms with Crippen LogP contribution >= 0.6 is 0 Å². The Morgan fingerprint density at radius 1 is 1.07 bits per heavy atom. The first-order chi connectivity index (χ1) is 12.9. The van der Waals surface area contributed by atoms with Gasteiger partial charge >= 0.3 is 12.3 Å². The van der Waals surface area contributed by atoms with Crippen LogP contribution in [0.15, 0.2) is 78.3 Å². The summed E-state index contributed by atoms with van der Waals surface area (Å²) in [5, 5.41) is 0. The van der Waals surface area contributed by atoms with Crippen molar-refractivity contribution in [1.82, 2.24) is 4.90 Å². The summed E-state index contributed by atoms with van der Waals surface area (Å²) in [7, 11) is 0. The highest BCUT2D eigenvalue weighted by Gasteiger charge is 2.52. The van der Waals surface area contributed by atoms with Gasteiger partial charge in [-0.05, 0) is 11.1 Å². The number of amides is 1. The van der Waals surface area contributed by atoms with Gasteiger partial charge in [0.05, 0.1) is 0 Å². The number of benzene rings is 2. The van der Waals surface area contributed by atoms with Gasteiger partial charge in [-0.25, -0.2) is 4.79 Å². The summed E-state index contributed by atoms with van der Waals surface area (Å²) in [4.78, 5) is 17.6. The van der Waals surface area contributed by atoms with Gasteiger partial charge in [0.1, 0.15) is 18.4 Å². The first-order valence-corrected chi connectivity index (χ1v) is 8.24. The first kappa shape index (κ1) is 18.7. The number of halogens is 3. The van der Waals surface area contributed by atoms with Gasteiger partial charge in [0.25, 0.3) is 0 Å². The molecule has 0 saturated heterocycles. The van der Waals surface area contributed by atoms with Crippen molar-refractivity contribution in [3.8, 4) is 0 Å². The lowest BCUT2D eigenvalue weighted by Gasteiger charge is -2.29. The lowest BCUT2D eigenvalue weighted by atomic mass is 10.0. The lowest BCUT2D eigenvalue weighted by Crippen LogP contribution is -2.39. The van der Waals surface area contributed by atoms with E-state index in [1.54, 1.807) is 48.5 Å².